The molecule has 0 radical (unpaired) electrons. The molecule has 0 unspecified atom stereocenters. The fraction of sp³-hybridized carbons (Fsp3) is 0.579. The summed E-state index contributed by atoms with van der Waals surface area (Å²) in [6.45, 7) is 6.04. The van der Waals surface area contributed by atoms with Crippen molar-refractivity contribution in [2.45, 2.75) is 65.0 Å². The van der Waals surface area contributed by atoms with Crippen LogP contribution in [0, 0.1) is 6.92 Å². The minimum atomic E-state index is 0.223. The number of aromatic nitrogens is 2. The van der Waals surface area contributed by atoms with Crippen molar-refractivity contribution >= 4 is 17.2 Å². The van der Waals surface area contributed by atoms with Crippen LogP contribution >= 0.6 is 11.3 Å². The van der Waals surface area contributed by atoms with Crippen molar-refractivity contribution in [2.75, 3.05) is 6.54 Å². The van der Waals surface area contributed by atoms with E-state index in [9.17, 15) is 4.79 Å². The average Bonchev–Trinajstić information content (AvgIpc) is 3.22. The van der Waals surface area contributed by atoms with E-state index in [-0.39, 0.29) is 5.91 Å². The minimum absolute atomic E-state index is 0.223. The third kappa shape index (κ3) is 3.89. The maximum Gasteiger partial charge on any atom is 0.254 e. The topological polar surface area (TPSA) is 38.1 Å². The summed E-state index contributed by atoms with van der Waals surface area (Å²) >= 11 is 1.72. The number of aryl methyl sites for hydroxylation is 3. The number of imidazole rings is 1. The van der Waals surface area contributed by atoms with Gasteiger partial charge in [0.1, 0.15) is 5.82 Å². The van der Waals surface area contributed by atoms with Crippen LogP contribution < -0.4 is 0 Å². The highest BCUT2D eigenvalue weighted by molar-refractivity contribution is 7.10. The first-order valence-electron chi connectivity index (χ1n) is 9.05. The summed E-state index contributed by atoms with van der Waals surface area (Å²) in [6.07, 6.45) is 10.5. The van der Waals surface area contributed by atoms with Gasteiger partial charge in [-0.05, 0) is 45.1 Å². The molecule has 2 aromatic rings. The average molecular weight is 346 g/mol. The molecule has 24 heavy (non-hydrogen) atoms. The lowest BCUT2D eigenvalue weighted by atomic mass is 9.98. The molecule has 1 aliphatic rings. The summed E-state index contributed by atoms with van der Waals surface area (Å²) in [4.78, 5) is 20.7. The number of carbonyl (C=O) groups excluding carboxylic acids is 1. The second-order valence-corrected chi connectivity index (χ2v) is 7.65. The van der Waals surface area contributed by atoms with Gasteiger partial charge in [-0.2, -0.15) is 0 Å². The molecule has 1 saturated heterocycles. The summed E-state index contributed by atoms with van der Waals surface area (Å²) in [7, 11) is 0. The van der Waals surface area contributed by atoms with Gasteiger partial charge in [0.25, 0.3) is 5.91 Å². The maximum absolute atomic E-state index is 13.0. The number of carbonyl (C=O) groups is 1. The first-order chi connectivity index (χ1) is 11.7. The second kappa shape index (κ2) is 7.97. The van der Waals surface area contributed by atoms with Crippen LogP contribution in [0.2, 0.25) is 0 Å². The van der Waals surface area contributed by atoms with E-state index in [0.717, 1.165) is 56.6 Å². The Kier molecular flexibility index (Phi) is 5.72. The monoisotopic (exact) mass is 345 g/mol. The van der Waals surface area contributed by atoms with Crippen LogP contribution in [-0.2, 0) is 13.0 Å². The summed E-state index contributed by atoms with van der Waals surface area (Å²) < 4.78 is 2.18. The molecule has 1 amide bonds. The van der Waals surface area contributed by atoms with Crippen molar-refractivity contribution in [2.24, 2.45) is 0 Å². The summed E-state index contributed by atoms with van der Waals surface area (Å²) in [5.41, 5.74) is 0.883. The molecule has 0 saturated carbocycles. The predicted molar refractivity (Wildman–Crippen MR) is 98.6 cm³/mol. The molecule has 1 aliphatic heterocycles. The smallest absolute Gasteiger partial charge is 0.254 e. The van der Waals surface area contributed by atoms with Gasteiger partial charge in [-0.15, -0.1) is 11.3 Å². The number of thiophene rings is 1. The van der Waals surface area contributed by atoms with Gasteiger partial charge in [0.2, 0.25) is 0 Å². The zero-order valence-corrected chi connectivity index (χ0v) is 15.5. The first kappa shape index (κ1) is 17.2. The van der Waals surface area contributed by atoms with Gasteiger partial charge in [-0.3, -0.25) is 4.79 Å². The number of amides is 1. The Morgan fingerprint density at radius 3 is 3.04 bits per heavy atom. The van der Waals surface area contributed by atoms with E-state index in [1.807, 2.05) is 24.7 Å². The van der Waals surface area contributed by atoms with Gasteiger partial charge < -0.3 is 9.47 Å². The quantitative estimate of drug-likeness (QED) is 0.783. The Hall–Kier alpha value is -1.62. The number of rotatable bonds is 6. The molecule has 130 valence electrons. The minimum Gasteiger partial charge on any atom is -0.336 e. The zero-order chi connectivity index (χ0) is 16.9. The van der Waals surface area contributed by atoms with Crippen LogP contribution in [0.4, 0.5) is 0 Å². The number of likely N-dealkylation sites (tertiary alicyclic amines) is 1. The van der Waals surface area contributed by atoms with Gasteiger partial charge in [-0.25, -0.2) is 4.98 Å². The Bertz CT molecular complexity index is 676. The lowest BCUT2D eigenvalue weighted by Gasteiger charge is -2.36. The number of hydrogen-bond donors (Lipinski definition) is 0. The fourth-order valence-electron chi connectivity index (χ4n) is 3.53. The van der Waals surface area contributed by atoms with Crippen molar-refractivity contribution < 1.29 is 4.79 Å². The molecule has 0 spiro atoms. The molecule has 0 bridgehead atoms. The second-order valence-electron chi connectivity index (χ2n) is 6.66. The van der Waals surface area contributed by atoms with Crippen molar-refractivity contribution in [3.05, 3.63) is 40.1 Å². The Balaban J connectivity index is 1.66. The lowest BCUT2D eigenvalue weighted by Crippen LogP contribution is -2.44. The van der Waals surface area contributed by atoms with Crippen LogP contribution in [0.15, 0.2) is 23.8 Å². The summed E-state index contributed by atoms with van der Waals surface area (Å²) in [5.74, 6) is 1.27. The number of hydrogen-bond acceptors (Lipinski definition) is 3. The van der Waals surface area contributed by atoms with Crippen LogP contribution in [0.5, 0.6) is 0 Å². The van der Waals surface area contributed by atoms with E-state index in [4.69, 9.17) is 0 Å². The van der Waals surface area contributed by atoms with Gasteiger partial charge in [0.05, 0.1) is 5.56 Å². The third-order valence-electron chi connectivity index (χ3n) is 4.91. The molecule has 1 atom stereocenters. The van der Waals surface area contributed by atoms with Gasteiger partial charge in [0, 0.05) is 41.8 Å². The van der Waals surface area contributed by atoms with E-state index in [1.165, 1.54) is 11.3 Å². The van der Waals surface area contributed by atoms with E-state index < -0.39 is 0 Å². The number of piperidine rings is 1. The number of nitrogens with zero attached hydrogens (tertiary/aromatic N) is 3. The molecule has 2 aromatic heterocycles. The van der Waals surface area contributed by atoms with Crippen molar-refractivity contribution in [1.82, 2.24) is 14.5 Å². The largest absolute Gasteiger partial charge is 0.336 e. The summed E-state index contributed by atoms with van der Waals surface area (Å²) in [5, 5.41) is 2.04. The van der Waals surface area contributed by atoms with Crippen molar-refractivity contribution in [1.29, 1.82) is 0 Å². The molecule has 3 heterocycles. The zero-order valence-electron chi connectivity index (χ0n) is 14.7. The SMILES string of the molecule is CCCc1cc(C(=O)N2CCCC[C@H]2CCn2ccnc2C)cs1. The van der Waals surface area contributed by atoms with Crippen molar-refractivity contribution in [3.63, 3.8) is 0 Å². The highest BCUT2D eigenvalue weighted by atomic mass is 32.1. The highest BCUT2D eigenvalue weighted by Crippen LogP contribution is 2.25. The molecule has 1 fully saturated rings. The molecule has 5 heteroatoms. The predicted octanol–water partition coefficient (Wildman–Crippen LogP) is 4.29. The van der Waals surface area contributed by atoms with E-state index in [0.29, 0.717) is 6.04 Å². The van der Waals surface area contributed by atoms with Gasteiger partial charge in [-0.1, -0.05) is 13.3 Å². The van der Waals surface area contributed by atoms with Gasteiger partial charge in [0.15, 0.2) is 0 Å². The van der Waals surface area contributed by atoms with Crippen LogP contribution in [-0.4, -0.2) is 32.9 Å². The normalized spacial score (nSPS) is 18.1. The lowest BCUT2D eigenvalue weighted by molar-refractivity contribution is 0.0596. The van der Waals surface area contributed by atoms with E-state index in [1.54, 1.807) is 11.3 Å². The van der Waals surface area contributed by atoms with E-state index in [2.05, 4.69) is 27.4 Å². The molecule has 0 aliphatic carbocycles. The summed E-state index contributed by atoms with van der Waals surface area (Å²) in [6, 6.07) is 2.45. The molecule has 4 nitrogen and oxygen atoms in total. The Morgan fingerprint density at radius 2 is 2.29 bits per heavy atom. The van der Waals surface area contributed by atoms with Crippen LogP contribution in [0.25, 0.3) is 0 Å². The Morgan fingerprint density at radius 1 is 1.42 bits per heavy atom. The standard InChI is InChI=1S/C19H27N3OS/c1-3-6-18-13-16(14-24-18)19(23)22-10-5-4-7-17(22)8-11-21-12-9-20-15(21)2/h9,12-14,17H,3-8,10-11H2,1-2H3/t17-/m0/s1. The fourth-order valence-corrected chi connectivity index (χ4v) is 4.50. The molecular weight excluding hydrogens is 318 g/mol. The molecule has 0 N–H and O–H groups in total. The highest BCUT2D eigenvalue weighted by Gasteiger charge is 2.27. The molecule has 3 rings (SSSR count). The van der Waals surface area contributed by atoms with E-state index >= 15 is 0 Å². The molecular formula is C19H27N3OS. The van der Waals surface area contributed by atoms with Crippen LogP contribution in [0.1, 0.15) is 60.1 Å². The first-order valence-corrected chi connectivity index (χ1v) is 9.93. The van der Waals surface area contributed by atoms with Crippen molar-refractivity contribution in [3.8, 4) is 0 Å². The maximum atomic E-state index is 13.0. The van der Waals surface area contributed by atoms with Gasteiger partial charge >= 0.3 is 0 Å². The Labute approximate surface area is 148 Å². The molecule has 0 aromatic carbocycles. The van der Waals surface area contributed by atoms with Crippen LogP contribution in [0.3, 0.4) is 0 Å². The third-order valence-corrected chi connectivity index (χ3v) is 5.91.